The lowest BCUT2D eigenvalue weighted by Gasteiger charge is -2.00. The summed E-state index contributed by atoms with van der Waals surface area (Å²) in [5.74, 6) is -0.659. The highest BCUT2D eigenvalue weighted by atomic mass is 16.4. The largest absolute Gasteiger partial charge is 0.481 e. The normalized spacial score (nSPS) is 10.2. The van der Waals surface area contributed by atoms with Gasteiger partial charge in [0.1, 0.15) is 6.29 Å². The average Bonchev–Trinajstić information content (AvgIpc) is 2.63. The van der Waals surface area contributed by atoms with Gasteiger partial charge in [0.15, 0.2) is 0 Å². The molecule has 0 rings (SSSR count). The molecule has 0 aromatic carbocycles. The summed E-state index contributed by atoms with van der Waals surface area (Å²) < 4.78 is 0. The number of hydrogen-bond acceptors (Lipinski definition) is 2. The van der Waals surface area contributed by atoms with E-state index in [9.17, 15) is 9.59 Å². The Labute approximate surface area is 163 Å². The number of aliphatic carboxylic acids is 1. The smallest absolute Gasteiger partial charge is 0.303 e. The molecule has 0 aliphatic rings. The predicted octanol–water partition coefficient (Wildman–Crippen LogP) is 7.71. The molecule has 0 radical (unpaired) electrons. The Hall–Kier alpha value is -0.860. The van der Waals surface area contributed by atoms with E-state index >= 15 is 0 Å². The standard InChI is InChI=1S/C12H24O2.C11H22O/c1-2-3-4-5-6-7-8-9-10-11-12(13)14;1-2-3-4-5-6-7-8-9-10-11-12/h2-11H2,1H3,(H,13,14);11H,2-10H2,1H3. The molecular weight excluding hydrogens is 324 g/mol. The van der Waals surface area contributed by atoms with Crippen molar-refractivity contribution in [1.82, 2.24) is 0 Å². The monoisotopic (exact) mass is 370 g/mol. The van der Waals surface area contributed by atoms with Gasteiger partial charge in [-0.15, -0.1) is 0 Å². The number of carboxylic acids is 1. The summed E-state index contributed by atoms with van der Waals surface area (Å²) in [6.07, 6.45) is 23.8. The molecule has 0 saturated heterocycles. The number of carbonyl (C=O) groups excluding carboxylic acids is 1. The quantitative estimate of drug-likeness (QED) is 0.187. The van der Waals surface area contributed by atoms with Crippen LogP contribution in [0.4, 0.5) is 0 Å². The van der Waals surface area contributed by atoms with E-state index in [0.29, 0.717) is 6.42 Å². The molecule has 26 heavy (non-hydrogen) atoms. The first kappa shape index (κ1) is 27.4. The van der Waals surface area contributed by atoms with Crippen molar-refractivity contribution in [3.8, 4) is 0 Å². The van der Waals surface area contributed by atoms with Crippen LogP contribution in [0.1, 0.15) is 136 Å². The van der Waals surface area contributed by atoms with E-state index in [-0.39, 0.29) is 0 Å². The van der Waals surface area contributed by atoms with Gasteiger partial charge in [-0.2, -0.15) is 0 Å². The van der Waals surface area contributed by atoms with Gasteiger partial charge in [-0.3, -0.25) is 4.79 Å². The summed E-state index contributed by atoms with van der Waals surface area (Å²) in [5, 5.41) is 8.41. The van der Waals surface area contributed by atoms with E-state index < -0.39 is 5.97 Å². The summed E-state index contributed by atoms with van der Waals surface area (Å²) >= 11 is 0. The third-order valence-corrected chi connectivity index (χ3v) is 4.67. The third-order valence-electron chi connectivity index (χ3n) is 4.67. The van der Waals surface area contributed by atoms with E-state index in [1.54, 1.807) is 0 Å². The number of carbonyl (C=O) groups is 2. The molecule has 0 amide bonds. The highest BCUT2D eigenvalue weighted by Crippen LogP contribution is 2.10. The molecule has 0 fully saturated rings. The minimum Gasteiger partial charge on any atom is -0.481 e. The SMILES string of the molecule is CCCCCCCCCCC=O.CCCCCCCCCCCC(=O)O. The van der Waals surface area contributed by atoms with Gasteiger partial charge in [0.05, 0.1) is 0 Å². The fourth-order valence-electron chi connectivity index (χ4n) is 2.95. The molecule has 0 atom stereocenters. The van der Waals surface area contributed by atoms with Gasteiger partial charge in [0.2, 0.25) is 0 Å². The van der Waals surface area contributed by atoms with Gasteiger partial charge < -0.3 is 9.90 Å². The molecule has 0 bridgehead atoms. The summed E-state index contributed by atoms with van der Waals surface area (Å²) in [4.78, 5) is 20.2. The summed E-state index contributed by atoms with van der Waals surface area (Å²) in [7, 11) is 0. The van der Waals surface area contributed by atoms with Crippen LogP contribution in [0.25, 0.3) is 0 Å². The highest BCUT2D eigenvalue weighted by Gasteiger charge is 1.96. The number of aldehydes is 1. The topological polar surface area (TPSA) is 54.4 Å². The molecule has 1 N–H and O–H groups in total. The van der Waals surface area contributed by atoms with Gasteiger partial charge in [0, 0.05) is 12.8 Å². The molecule has 0 aromatic rings. The second-order valence-corrected chi connectivity index (χ2v) is 7.40. The van der Waals surface area contributed by atoms with Crippen molar-refractivity contribution in [2.75, 3.05) is 0 Å². The van der Waals surface area contributed by atoms with Crippen LogP contribution in [0.3, 0.4) is 0 Å². The van der Waals surface area contributed by atoms with Gasteiger partial charge in [-0.25, -0.2) is 0 Å². The lowest BCUT2D eigenvalue weighted by molar-refractivity contribution is -0.137. The van der Waals surface area contributed by atoms with Crippen LogP contribution >= 0.6 is 0 Å². The summed E-state index contributed by atoms with van der Waals surface area (Å²) in [5.41, 5.74) is 0. The first-order valence-corrected chi connectivity index (χ1v) is 11.3. The molecule has 0 aromatic heterocycles. The van der Waals surface area contributed by atoms with Crippen molar-refractivity contribution in [2.24, 2.45) is 0 Å². The molecule has 0 aliphatic carbocycles. The Balaban J connectivity index is 0. The first-order valence-electron chi connectivity index (χ1n) is 11.3. The number of unbranched alkanes of at least 4 members (excludes halogenated alkanes) is 16. The van der Waals surface area contributed by atoms with Gasteiger partial charge >= 0.3 is 5.97 Å². The van der Waals surface area contributed by atoms with E-state index in [1.807, 2.05) is 0 Å². The van der Waals surface area contributed by atoms with Crippen LogP contribution in [-0.2, 0) is 9.59 Å². The Morgan fingerprint density at radius 2 is 0.962 bits per heavy atom. The van der Waals surface area contributed by atoms with E-state index in [2.05, 4.69) is 13.8 Å². The van der Waals surface area contributed by atoms with Crippen molar-refractivity contribution in [3.05, 3.63) is 0 Å². The maximum absolute atomic E-state index is 10.2. The minimum absolute atomic E-state index is 0.343. The lowest BCUT2D eigenvalue weighted by atomic mass is 10.1. The first-order chi connectivity index (χ1) is 12.7. The fourth-order valence-corrected chi connectivity index (χ4v) is 2.95. The van der Waals surface area contributed by atoms with Crippen molar-refractivity contribution in [2.45, 2.75) is 136 Å². The van der Waals surface area contributed by atoms with Crippen LogP contribution < -0.4 is 0 Å². The number of hydrogen-bond donors (Lipinski definition) is 1. The average molecular weight is 371 g/mol. The Morgan fingerprint density at radius 1 is 0.615 bits per heavy atom. The van der Waals surface area contributed by atoms with E-state index in [4.69, 9.17) is 5.11 Å². The maximum Gasteiger partial charge on any atom is 0.303 e. The molecule has 3 nitrogen and oxygen atoms in total. The molecule has 0 heterocycles. The molecule has 0 spiro atoms. The molecule has 0 saturated carbocycles. The molecular formula is C23H46O3. The number of rotatable bonds is 19. The third kappa shape index (κ3) is 31.0. The zero-order valence-electron chi connectivity index (χ0n) is 17.8. The van der Waals surface area contributed by atoms with Crippen LogP contribution in [0, 0.1) is 0 Å². The van der Waals surface area contributed by atoms with Crippen molar-refractivity contribution < 1.29 is 14.7 Å². The van der Waals surface area contributed by atoms with E-state index in [1.165, 1.54) is 89.9 Å². The van der Waals surface area contributed by atoms with Crippen LogP contribution in [0.5, 0.6) is 0 Å². The van der Waals surface area contributed by atoms with Crippen molar-refractivity contribution in [3.63, 3.8) is 0 Å². The second kappa shape index (κ2) is 26.4. The van der Waals surface area contributed by atoms with E-state index in [0.717, 1.165) is 32.0 Å². The Bertz CT molecular complexity index is 277. The Kier molecular flexibility index (Phi) is 27.7. The van der Waals surface area contributed by atoms with Crippen molar-refractivity contribution in [1.29, 1.82) is 0 Å². The lowest BCUT2D eigenvalue weighted by Crippen LogP contribution is -1.93. The zero-order chi connectivity index (χ0) is 19.7. The van der Waals surface area contributed by atoms with Gasteiger partial charge in [-0.05, 0) is 12.8 Å². The van der Waals surface area contributed by atoms with Crippen molar-refractivity contribution >= 4 is 12.3 Å². The summed E-state index contributed by atoms with van der Waals surface area (Å²) in [6, 6.07) is 0. The number of carboxylic acid groups (broad SMARTS) is 1. The molecule has 3 heteroatoms. The van der Waals surface area contributed by atoms with Crippen LogP contribution in [0.15, 0.2) is 0 Å². The maximum atomic E-state index is 10.2. The second-order valence-electron chi connectivity index (χ2n) is 7.40. The molecule has 0 aliphatic heterocycles. The van der Waals surface area contributed by atoms with Gasteiger partial charge in [0.25, 0.3) is 0 Å². The predicted molar refractivity (Wildman–Crippen MR) is 113 cm³/mol. The Morgan fingerprint density at radius 3 is 1.31 bits per heavy atom. The van der Waals surface area contributed by atoms with Gasteiger partial charge in [-0.1, -0.05) is 110 Å². The minimum atomic E-state index is -0.659. The highest BCUT2D eigenvalue weighted by molar-refractivity contribution is 5.66. The molecule has 156 valence electrons. The van der Waals surface area contributed by atoms with Crippen LogP contribution in [-0.4, -0.2) is 17.4 Å². The fraction of sp³-hybridized carbons (Fsp3) is 0.913. The zero-order valence-corrected chi connectivity index (χ0v) is 17.8. The van der Waals surface area contributed by atoms with Crippen LogP contribution in [0.2, 0.25) is 0 Å². The summed E-state index contributed by atoms with van der Waals surface area (Å²) in [6.45, 7) is 4.47. The molecule has 0 unspecified atom stereocenters.